The Morgan fingerprint density at radius 2 is 2.20 bits per heavy atom. The number of H-pyrrole nitrogens is 1. The number of aromatic amines is 1. The highest BCUT2D eigenvalue weighted by atomic mass is 32.1. The Morgan fingerprint density at radius 1 is 1.40 bits per heavy atom. The van der Waals surface area contributed by atoms with Crippen molar-refractivity contribution in [1.82, 2.24) is 4.98 Å². The van der Waals surface area contributed by atoms with Crippen molar-refractivity contribution in [2.75, 3.05) is 6.61 Å². The van der Waals surface area contributed by atoms with E-state index in [0.717, 1.165) is 28.3 Å². The Labute approximate surface area is 91.4 Å². The van der Waals surface area contributed by atoms with E-state index in [4.69, 9.17) is 4.74 Å². The zero-order chi connectivity index (χ0) is 10.7. The third kappa shape index (κ3) is 2.10. The Bertz CT molecular complexity index is 501. The average Bonchev–Trinajstić information content (AvgIpc) is 2.66. The molecule has 4 heteroatoms. The first-order chi connectivity index (χ1) is 7.31. The predicted molar refractivity (Wildman–Crippen MR) is 61.5 cm³/mol. The molecule has 0 spiro atoms. The molecule has 78 valence electrons. The summed E-state index contributed by atoms with van der Waals surface area (Å²) in [4.78, 5) is 13.8. The summed E-state index contributed by atoms with van der Waals surface area (Å²) in [5.74, 6) is 0.800. The summed E-state index contributed by atoms with van der Waals surface area (Å²) in [5, 5.41) is 1.81. The molecule has 1 N–H and O–H groups in total. The smallest absolute Gasteiger partial charge is 0.304 e. The van der Waals surface area contributed by atoms with Gasteiger partial charge in [-0.2, -0.15) is 0 Å². The van der Waals surface area contributed by atoms with Crippen LogP contribution in [0.15, 0.2) is 34.4 Å². The summed E-state index contributed by atoms with van der Waals surface area (Å²) in [7, 11) is 0. The highest BCUT2D eigenvalue weighted by molar-refractivity contribution is 7.07. The molecular weight excluding hydrogens is 210 g/mol. The SMILES string of the molecule is CCOc1ccccc1-c1csc(=O)[nH]1. The summed E-state index contributed by atoms with van der Waals surface area (Å²) >= 11 is 1.16. The van der Waals surface area contributed by atoms with E-state index in [1.165, 1.54) is 0 Å². The fourth-order valence-corrected chi connectivity index (χ4v) is 1.96. The zero-order valence-corrected chi connectivity index (χ0v) is 9.14. The number of hydrogen-bond acceptors (Lipinski definition) is 3. The average molecular weight is 221 g/mol. The van der Waals surface area contributed by atoms with E-state index in [2.05, 4.69) is 4.98 Å². The molecule has 1 aromatic carbocycles. The minimum Gasteiger partial charge on any atom is -0.493 e. The molecule has 0 fully saturated rings. The van der Waals surface area contributed by atoms with Crippen LogP contribution in [0.5, 0.6) is 5.75 Å². The van der Waals surface area contributed by atoms with E-state index in [1.807, 2.05) is 31.2 Å². The molecule has 0 atom stereocenters. The summed E-state index contributed by atoms with van der Waals surface area (Å²) in [6.45, 7) is 2.55. The maximum atomic E-state index is 11.1. The Hall–Kier alpha value is -1.55. The molecule has 15 heavy (non-hydrogen) atoms. The minimum absolute atomic E-state index is 0.0451. The summed E-state index contributed by atoms with van der Waals surface area (Å²) in [6.07, 6.45) is 0. The molecular formula is C11H11NO2S. The Kier molecular flexibility index (Phi) is 2.87. The van der Waals surface area contributed by atoms with Crippen molar-refractivity contribution >= 4 is 11.3 Å². The number of benzene rings is 1. The van der Waals surface area contributed by atoms with E-state index >= 15 is 0 Å². The lowest BCUT2D eigenvalue weighted by molar-refractivity contribution is 0.341. The van der Waals surface area contributed by atoms with Crippen LogP contribution in [-0.2, 0) is 0 Å². The van der Waals surface area contributed by atoms with Crippen LogP contribution < -0.4 is 9.61 Å². The Morgan fingerprint density at radius 3 is 2.87 bits per heavy atom. The highest BCUT2D eigenvalue weighted by Crippen LogP contribution is 2.28. The van der Waals surface area contributed by atoms with Crippen molar-refractivity contribution in [1.29, 1.82) is 0 Å². The number of thiazole rings is 1. The second-order valence-corrected chi connectivity index (χ2v) is 3.83. The minimum atomic E-state index is -0.0451. The van der Waals surface area contributed by atoms with E-state index in [-0.39, 0.29) is 4.87 Å². The maximum Gasteiger partial charge on any atom is 0.304 e. The van der Waals surface area contributed by atoms with Crippen LogP contribution >= 0.6 is 11.3 Å². The van der Waals surface area contributed by atoms with Gasteiger partial charge in [-0.1, -0.05) is 23.5 Å². The lowest BCUT2D eigenvalue weighted by Crippen LogP contribution is -1.96. The van der Waals surface area contributed by atoms with Gasteiger partial charge < -0.3 is 9.72 Å². The second-order valence-electron chi connectivity index (χ2n) is 2.99. The summed E-state index contributed by atoms with van der Waals surface area (Å²) < 4.78 is 5.48. The van der Waals surface area contributed by atoms with Gasteiger partial charge in [0.2, 0.25) is 0 Å². The molecule has 0 aliphatic heterocycles. The summed E-state index contributed by atoms with van der Waals surface area (Å²) in [5.41, 5.74) is 1.74. The quantitative estimate of drug-likeness (QED) is 0.865. The van der Waals surface area contributed by atoms with E-state index in [0.29, 0.717) is 6.61 Å². The number of ether oxygens (including phenoxy) is 1. The molecule has 0 radical (unpaired) electrons. The van der Waals surface area contributed by atoms with Gasteiger partial charge in [0.05, 0.1) is 12.3 Å². The standard InChI is InChI=1S/C11H11NO2S/c1-2-14-10-6-4-3-5-8(10)9-7-15-11(13)12-9/h3-7H,2H2,1H3,(H,12,13). The first-order valence-corrected chi connectivity index (χ1v) is 5.59. The van der Waals surface area contributed by atoms with Crippen LogP contribution in [-0.4, -0.2) is 11.6 Å². The molecule has 3 nitrogen and oxygen atoms in total. The number of nitrogens with one attached hydrogen (secondary N) is 1. The van der Waals surface area contributed by atoms with Gasteiger partial charge in [-0.3, -0.25) is 4.79 Å². The third-order valence-electron chi connectivity index (χ3n) is 2.00. The molecule has 0 aliphatic carbocycles. The van der Waals surface area contributed by atoms with Crippen LogP contribution in [0.4, 0.5) is 0 Å². The van der Waals surface area contributed by atoms with Crippen LogP contribution in [0.25, 0.3) is 11.3 Å². The highest BCUT2D eigenvalue weighted by Gasteiger charge is 2.06. The van der Waals surface area contributed by atoms with Crippen LogP contribution in [0.1, 0.15) is 6.92 Å². The van der Waals surface area contributed by atoms with E-state index in [1.54, 1.807) is 5.38 Å². The van der Waals surface area contributed by atoms with E-state index < -0.39 is 0 Å². The predicted octanol–water partition coefficient (Wildman–Crippen LogP) is 2.50. The van der Waals surface area contributed by atoms with Gasteiger partial charge >= 0.3 is 4.87 Å². The van der Waals surface area contributed by atoms with Crippen LogP contribution in [0.2, 0.25) is 0 Å². The van der Waals surface area contributed by atoms with Gasteiger partial charge in [0.15, 0.2) is 0 Å². The van der Waals surface area contributed by atoms with Crippen molar-refractivity contribution in [3.63, 3.8) is 0 Å². The lowest BCUT2D eigenvalue weighted by atomic mass is 10.1. The van der Waals surface area contributed by atoms with Gasteiger partial charge in [-0.15, -0.1) is 0 Å². The monoisotopic (exact) mass is 221 g/mol. The van der Waals surface area contributed by atoms with Gasteiger partial charge in [0, 0.05) is 10.9 Å². The van der Waals surface area contributed by atoms with Crippen molar-refractivity contribution in [3.8, 4) is 17.0 Å². The number of para-hydroxylation sites is 1. The molecule has 0 aliphatic rings. The normalized spacial score (nSPS) is 10.2. The molecule has 2 aromatic rings. The number of hydrogen-bond donors (Lipinski definition) is 1. The molecule has 0 saturated carbocycles. The molecule has 0 saturated heterocycles. The lowest BCUT2D eigenvalue weighted by Gasteiger charge is -2.07. The summed E-state index contributed by atoms with van der Waals surface area (Å²) in [6, 6.07) is 7.67. The third-order valence-corrected chi connectivity index (χ3v) is 2.67. The molecule has 0 amide bonds. The van der Waals surface area contributed by atoms with Crippen LogP contribution in [0.3, 0.4) is 0 Å². The fraction of sp³-hybridized carbons (Fsp3) is 0.182. The van der Waals surface area contributed by atoms with Crippen molar-refractivity contribution in [2.45, 2.75) is 6.92 Å². The maximum absolute atomic E-state index is 11.1. The Balaban J connectivity index is 2.47. The fourth-order valence-electron chi connectivity index (χ4n) is 1.38. The van der Waals surface area contributed by atoms with E-state index in [9.17, 15) is 4.79 Å². The molecule has 1 heterocycles. The zero-order valence-electron chi connectivity index (χ0n) is 8.32. The first kappa shape index (κ1) is 9.98. The van der Waals surface area contributed by atoms with Crippen LogP contribution in [0, 0.1) is 0 Å². The number of rotatable bonds is 3. The number of aromatic nitrogens is 1. The molecule has 1 aromatic heterocycles. The largest absolute Gasteiger partial charge is 0.493 e. The van der Waals surface area contributed by atoms with Gasteiger partial charge in [0.1, 0.15) is 5.75 Å². The van der Waals surface area contributed by atoms with Crippen molar-refractivity contribution < 1.29 is 4.74 Å². The molecule has 0 unspecified atom stereocenters. The van der Waals surface area contributed by atoms with Gasteiger partial charge in [-0.25, -0.2) is 0 Å². The first-order valence-electron chi connectivity index (χ1n) is 4.71. The second kappa shape index (κ2) is 4.31. The van der Waals surface area contributed by atoms with Gasteiger partial charge in [-0.05, 0) is 19.1 Å². The van der Waals surface area contributed by atoms with Crippen molar-refractivity contribution in [3.05, 3.63) is 39.3 Å². The van der Waals surface area contributed by atoms with Gasteiger partial charge in [0.25, 0.3) is 0 Å². The molecule has 2 rings (SSSR count). The topological polar surface area (TPSA) is 42.1 Å². The molecule has 0 bridgehead atoms. The van der Waals surface area contributed by atoms with Crippen molar-refractivity contribution in [2.24, 2.45) is 0 Å².